The van der Waals surface area contributed by atoms with Crippen molar-refractivity contribution in [3.8, 4) is 0 Å². The maximum Gasteiger partial charge on any atom is 0.0658 e. The molecule has 1 atom stereocenters. The number of ether oxygens (including phenoxy) is 1. The smallest absolute Gasteiger partial charge is 0.0658 e. The molecule has 1 aromatic rings. The lowest BCUT2D eigenvalue weighted by Gasteiger charge is -2.28. The standard InChI is InChI=1S/C13H21BrN4O/c14-12-9-15-18(10-12)13-1-2-17(11-13)4-3-16-5-7-19-8-6-16/h9-10,13H,1-8,11H2. The van der Waals surface area contributed by atoms with Crippen molar-refractivity contribution < 1.29 is 4.74 Å². The largest absolute Gasteiger partial charge is 0.379 e. The van der Waals surface area contributed by atoms with E-state index in [1.165, 1.54) is 26.1 Å². The van der Waals surface area contributed by atoms with Gasteiger partial charge >= 0.3 is 0 Å². The van der Waals surface area contributed by atoms with Crippen LogP contribution in [0.3, 0.4) is 0 Å². The lowest BCUT2D eigenvalue weighted by atomic mass is 10.3. The number of hydrogen-bond acceptors (Lipinski definition) is 4. The van der Waals surface area contributed by atoms with Gasteiger partial charge in [-0.15, -0.1) is 0 Å². The van der Waals surface area contributed by atoms with Crippen LogP contribution in [-0.2, 0) is 4.74 Å². The first-order valence-corrected chi connectivity index (χ1v) is 7.83. The molecule has 2 saturated heterocycles. The highest BCUT2D eigenvalue weighted by atomic mass is 79.9. The molecular weight excluding hydrogens is 308 g/mol. The molecule has 6 heteroatoms. The third-order valence-corrected chi connectivity index (χ3v) is 4.44. The van der Waals surface area contributed by atoms with Crippen LogP contribution in [0.25, 0.3) is 0 Å². The Kier molecular flexibility index (Phi) is 4.53. The fraction of sp³-hybridized carbons (Fsp3) is 0.769. The van der Waals surface area contributed by atoms with Crippen molar-refractivity contribution in [2.45, 2.75) is 12.5 Å². The summed E-state index contributed by atoms with van der Waals surface area (Å²) < 4.78 is 8.54. The van der Waals surface area contributed by atoms with Crippen LogP contribution in [0.5, 0.6) is 0 Å². The van der Waals surface area contributed by atoms with Crippen LogP contribution < -0.4 is 0 Å². The molecule has 0 spiro atoms. The molecule has 2 aliphatic rings. The van der Waals surface area contributed by atoms with Crippen LogP contribution in [0.4, 0.5) is 0 Å². The highest BCUT2D eigenvalue weighted by Crippen LogP contribution is 2.22. The molecule has 3 rings (SSSR count). The maximum atomic E-state index is 5.38. The maximum absolute atomic E-state index is 5.38. The van der Waals surface area contributed by atoms with Gasteiger partial charge < -0.3 is 4.74 Å². The first-order valence-electron chi connectivity index (χ1n) is 7.03. The van der Waals surface area contributed by atoms with Crippen LogP contribution >= 0.6 is 15.9 Å². The Labute approximate surface area is 122 Å². The van der Waals surface area contributed by atoms with E-state index in [-0.39, 0.29) is 0 Å². The van der Waals surface area contributed by atoms with Gasteiger partial charge in [-0.05, 0) is 22.4 Å². The van der Waals surface area contributed by atoms with Gasteiger partial charge in [0.2, 0.25) is 0 Å². The van der Waals surface area contributed by atoms with Gasteiger partial charge in [-0.25, -0.2) is 0 Å². The van der Waals surface area contributed by atoms with Crippen molar-refractivity contribution >= 4 is 15.9 Å². The van der Waals surface area contributed by atoms with Gasteiger partial charge in [-0.2, -0.15) is 5.10 Å². The molecule has 1 aromatic heterocycles. The molecular formula is C13H21BrN4O. The molecule has 2 aliphatic heterocycles. The van der Waals surface area contributed by atoms with E-state index in [9.17, 15) is 0 Å². The number of likely N-dealkylation sites (tertiary alicyclic amines) is 1. The Bertz CT molecular complexity index is 405. The second-order valence-corrected chi connectivity index (χ2v) is 6.25. The third-order valence-electron chi connectivity index (χ3n) is 4.03. The number of hydrogen-bond donors (Lipinski definition) is 0. The average Bonchev–Trinajstić information content (AvgIpc) is 3.06. The molecule has 0 aromatic carbocycles. The van der Waals surface area contributed by atoms with Gasteiger partial charge in [0.15, 0.2) is 0 Å². The molecule has 0 saturated carbocycles. The number of halogens is 1. The van der Waals surface area contributed by atoms with Gasteiger partial charge in [0.05, 0.1) is 29.9 Å². The van der Waals surface area contributed by atoms with E-state index < -0.39 is 0 Å². The first-order chi connectivity index (χ1) is 9.31. The second kappa shape index (κ2) is 6.35. The molecule has 3 heterocycles. The molecule has 0 bridgehead atoms. The minimum atomic E-state index is 0.538. The predicted molar refractivity (Wildman–Crippen MR) is 77.3 cm³/mol. The molecule has 0 amide bonds. The van der Waals surface area contributed by atoms with Crippen molar-refractivity contribution in [3.63, 3.8) is 0 Å². The van der Waals surface area contributed by atoms with Gasteiger partial charge in [0.1, 0.15) is 0 Å². The van der Waals surface area contributed by atoms with Gasteiger partial charge in [-0.3, -0.25) is 14.5 Å². The molecule has 0 N–H and O–H groups in total. The lowest BCUT2D eigenvalue weighted by Crippen LogP contribution is -2.41. The van der Waals surface area contributed by atoms with Crippen LogP contribution in [0, 0.1) is 0 Å². The Morgan fingerprint density at radius 2 is 2.00 bits per heavy atom. The Hall–Kier alpha value is -0.430. The summed E-state index contributed by atoms with van der Waals surface area (Å²) in [5, 5.41) is 4.40. The highest BCUT2D eigenvalue weighted by Gasteiger charge is 2.24. The lowest BCUT2D eigenvalue weighted by molar-refractivity contribution is 0.0342. The summed E-state index contributed by atoms with van der Waals surface area (Å²) in [6.45, 7) is 8.60. The van der Waals surface area contributed by atoms with E-state index in [0.717, 1.165) is 37.3 Å². The normalized spacial score (nSPS) is 26.1. The first kappa shape index (κ1) is 13.5. The third kappa shape index (κ3) is 3.56. The summed E-state index contributed by atoms with van der Waals surface area (Å²) in [5.41, 5.74) is 0. The van der Waals surface area contributed by atoms with Gasteiger partial charge in [0.25, 0.3) is 0 Å². The Balaban J connectivity index is 1.44. The van der Waals surface area contributed by atoms with Gasteiger partial charge in [0, 0.05) is 45.5 Å². The van der Waals surface area contributed by atoms with E-state index in [2.05, 4.69) is 41.7 Å². The number of rotatable bonds is 4. The Morgan fingerprint density at radius 1 is 1.21 bits per heavy atom. The fourth-order valence-corrected chi connectivity index (χ4v) is 3.15. The topological polar surface area (TPSA) is 33.5 Å². The van der Waals surface area contributed by atoms with Crippen molar-refractivity contribution in [2.24, 2.45) is 0 Å². The average molecular weight is 329 g/mol. The molecule has 0 radical (unpaired) electrons. The minimum Gasteiger partial charge on any atom is -0.379 e. The molecule has 1 unspecified atom stereocenters. The zero-order valence-electron chi connectivity index (χ0n) is 11.2. The predicted octanol–water partition coefficient (Wildman–Crippen LogP) is 1.22. The fourth-order valence-electron chi connectivity index (χ4n) is 2.85. The van der Waals surface area contributed by atoms with Crippen molar-refractivity contribution in [2.75, 3.05) is 52.5 Å². The number of aromatic nitrogens is 2. The van der Waals surface area contributed by atoms with Gasteiger partial charge in [-0.1, -0.05) is 0 Å². The van der Waals surface area contributed by atoms with E-state index in [1.807, 2.05) is 6.20 Å². The SMILES string of the molecule is Brc1cnn(C2CCN(CCN3CCOCC3)C2)c1. The highest BCUT2D eigenvalue weighted by molar-refractivity contribution is 9.10. The van der Waals surface area contributed by atoms with Crippen molar-refractivity contribution in [3.05, 3.63) is 16.9 Å². The van der Waals surface area contributed by atoms with Crippen LogP contribution in [0.2, 0.25) is 0 Å². The van der Waals surface area contributed by atoms with Crippen LogP contribution in [0.1, 0.15) is 12.5 Å². The summed E-state index contributed by atoms with van der Waals surface area (Å²) in [7, 11) is 0. The van der Waals surface area contributed by atoms with Crippen molar-refractivity contribution in [1.29, 1.82) is 0 Å². The molecule has 5 nitrogen and oxygen atoms in total. The minimum absolute atomic E-state index is 0.538. The van der Waals surface area contributed by atoms with E-state index in [4.69, 9.17) is 4.74 Å². The monoisotopic (exact) mass is 328 g/mol. The Morgan fingerprint density at radius 3 is 2.74 bits per heavy atom. The summed E-state index contributed by atoms with van der Waals surface area (Å²) in [5.74, 6) is 0. The second-order valence-electron chi connectivity index (χ2n) is 5.34. The van der Waals surface area contributed by atoms with Crippen molar-refractivity contribution in [1.82, 2.24) is 19.6 Å². The summed E-state index contributed by atoms with van der Waals surface area (Å²) in [6.07, 6.45) is 5.16. The van der Waals surface area contributed by atoms with Crippen LogP contribution in [0.15, 0.2) is 16.9 Å². The van der Waals surface area contributed by atoms with Crippen LogP contribution in [-0.4, -0.2) is 72.1 Å². The number of morpholine rings is 1. The molecule has 106 valence electrons. The summed E-state index contributed by atoms with van der Waals surface area (Å²) in [6, 6.07) is 0.538. The van der Waals surface area contributed by atoms with E-state index in [0.29, 0.717) is 6.04 Å². The summed E-state index contributed by atoms with van der Waals surface area (Å²) >= 11 is 3.46. The quantitative estimate of drug-likeness (QED) is 0.832. The zero-order chi connectivity index (χ0) is 13.1. The van der Waals surface area contributed by atoms with E-state index >= 15 is 0 Å². The number of nitrogens with zero attached hydrogens (tertiary/aromatic N) is 4. The molecule has 0 aliphatic carbocycles. The zero-order valence-corrected chi connectivity index (χ0v) is 12.8. The molecule has 19 heavy (non-hydrogen) atoms. The summed E-state index contributed by atoms with van der Waals surface area (Å²) in [4.78, 5) is 5.05. The van der Waals surface area contributed by atoms with E-state index in [1.54, 1.807) is 0 Å². The molecule has 2 fully saturated rings.